The van der Waals surface area contributed by atoms with Crippen LogP contribution < -0.4 is 5.32 Å². The lowest BCUT2D eigenvalue weighted by Gasteiger charge is -2.22. The molecule has 1 aliphatic heterocycles. The van der Waals surface area contributed by atoms with Crippen molar-refractivity contribution in [1.82, 2.24) is 19.5 Å². The number of aliphatic hydroxyl groups is 3. The predicted octanol–water partition coefficient (Wildman–Crippen LogP) is 0.988. The fraction of sp³-hybridized carbons (Fsp3) is 0.500. The second-order valence-electron chi connectivity index (χ2n) is 8.29. The molecule has 10 heteroatoms. The first-order valence-electron chi connectivity index (χ1n) is 10.9. The molecule has 3 aromatic rings. The molecule has 0 amide bonds. The molecule has 1 aromatic carbocycles. The van der Waals surface area contributed by atoms with Gasteiger partial charge in [-0.2, -0.15) is 0 Å². The molecular formula is C22H27N5O5. The van der Waals surface area contributed by atoms with E-state index in [0.29, 0.717) is 23.6 Å². The number of imidazole rings is 1. The molecule has 0 bridgehead atoms. The highest BCUT2D eigenvalue weighted by Gasteiger charge is 2.44. The number of aromatic nitrogens is 4. The highest BCUT2D eigenvalue weighted by atomic mass is 16.6. The molecule has 0 unspecified atom stereocenters. The molecule has 6 atom stereocenters. The van der Waals surface area contributed by atoms with Gasteiger partial charge in [-0.25, -0.2) is 15.0 Å². The van der Waals surface area contributed by atoms with Crippen LogP contribution >= 0.6 is 0 Å². The fourth-order valence-corrected chi connectivity index (χ4v) is 4.50. The highest BCUT2D eigenvalue weighted by Crippen LogP contribution is 2.33. The Hall–Kier alpha value is -2.63. The molecule has 0 spiro atoms. The van der Waals surface area contributed by atoms with E-state index in [0.717, 1.165) is 24.8 Å². The smallest absolute Gasteiger partial charge is 0.167 e. The largest absolute Gasteiger partial charge is 0.394 e. The van der Waals surface area contributed by atoms with E-state index in [1.165, 1.54) is 12.7 Å². The normalized spacial score (nSPS) is 30.2. The lowest BCUT2D eigenvalue weighted by atomic mass is 10.1. The Morgan fingerprint density at radius 2 is 1.94 bits per heavy atom. The summed E-state index contributed by atoms with van der Waals surface area (Å²) in [4.78, 5) is 13.1. The van der Waals surface area contributed by atoms with Crippen molar-refractivity contribution in [2.24, 2.45) is 0 Å². The van der Waals surface area contributed by atoms with Gasteiger partial charge in [-0.15, -0.1) is 0 Å². The summed E-state index contributed by atoms with van der Waals surface area (Å²) in [5.41, 5.74) is 2.15. The van der Waals surface area contributed by atoms with Gasteiger partial charge < -0.3 is 30.1 Å². The van der Waals surface area contributed by atoms with E-state index in [9.17, 15) is 15.3 Å². The van der Waals surface area contributed by atoms with Gasteiger partial charge in [0.15, 0.2) is 23.2 Å². The number of benzene rings is 1. The number of ether oxygens (including phenoxy) is 2. The maximum Gasteiger partial charge on any atom is 0.167 e. The molecule has 10 nitrogen and oxygen atoms in total. The Morgan fingerprint density at radius 1 is 1.09 bits per heavy atom. The summed E-state index contributed by atoms with van der Waals surface area (Å²) >= 11 is 0. The van der Waals surface area contributed by atoms with Gasteiger partial charge in [0, 0.05) is 0 Å². The molecule has 4 N–H and O–H groups in total. The number of nitrogens with zero attached hydrogens (tertiary/aromatic N) is 4. The first kappa shape index (κ1) is 21.2. The molecular weight excluding hydrogens is 414 g/mol. The van der Waals surface area contributed by atoms with E-state index in [1.807, 2.05) is 18.2 Å². The van der Waals surface area contributed by atoms with Crippen LogP contribution in [0.25, 0.3) is 11.2 Å². The third kappa shape index (κ3) is 3.96. The van der Waals surface area contributed by atoms with Crippen LogP contribution in [0.1, 0.15) is 31.1 Å². The molecule has 2 aliphatic rings. The van der Waals surface area contributed by atoms with Crippen molar-refractivity contribution in [2.75, 3.05) is 11.9 Å². The van der Waals surface area contributed by atoms with Gasteiger partial charge in [-0.1, -0.05) is 30.3 Å². The van der Waals surface area contributed by atoms with Crippen molar-refractivity contribution in [3.63, 3.8) is 0 Å². The first-order valence-corrected chi connectivity index (χ1v) is 10.9. The van der Waals surface area contributed by atoms with E-state index in [4.69, 9.17) is 9.47 Å². The van der Waals surface area contributed by atoms with E-state index >= 15 is 0 Å². The summed E-state index contributed by atoms with van der Waals surface area (Å²) in [5, 5.41) is 33.3. The zero-order valence-corrected chi connectivity index (χ0v) is 17.5. The Kier molecular flexibility index (Phi) is 6.03. The molecule has 2 aromatic heterocycles. The van der Waals surface area contributed by atoms with Crippen LogP contribution in [0.3, 0.4) is 0 Å². The summed E-state index contributed by atoms with van der Waals surface area (Å²) in [6, 6.07) is 10.2. The highest BCUT2D eigenvalue weighted by molar-refractivity contribution is 5.82. The molecule has 2 fully saturated rings. The monoisotopic (exact) mass is 441 g/mol. The van der Waals surface area contributed by atoms with Gasteiger partial charge in [-0.3, -0.25) is 4.57 Å². The summed E-state index contributed by atoms with van der Waals surface area (Å²) in [5.74, 6) is 0.584. The number of anilines is 1. The summed E-state index contributed by atoms with van der Waals surface area (Å²) in [7, 11) is 0. The Balaban J connectivity index is 1.33. The number of rotatable bonds is 7. The van der Waals surface area contributed by atoms with Gasteiger partial charge >= 0.3 is 0 Å². The quantitative estimate of drug-likeness (QED) is 0.423. The van der Waals surface area contributed by atoms with Crippen molar-refractivity contribution in [2.45, 2.75) is 62.6 Å². The number of nitrogens with one attached hydrogen (secondary N) is 1. The van der Waals surface area contributed by atoms with Crippen molar-refractivity contribution in [1.29, 1.82) is 0 Å². The fourth-order valence-electron chi connectivity index (χ4n) is 4.50. The lowest BCUT2D eigenvalue weighted by Crippen LogP contribution is -2.33. The van der Waals surface area contributed by atoms with Crippen molar-refractivity contribution in [3.05, 3.63) is 48.5 Å². The van der Waals surface area contributed by atoms with Crippen LogP contribution in [-0.4, -0.2) is 71.9 Å². The van der Waals surface area contributed by atoms with Crippen molar-refractivity contribution in [3.8, 4) is 0 Å². The topological polar surface area (TPSA) is 135 Å². The van der Waals surface area contributed by atoms with Crippen LogP contribution in [0, 0.1) is 0 Å². The number of hydrogen-bond donors (Lipinski definition) is 4. The third-order valence-electron chi connectivity index (χ3n) is 6.23. The molecule has 5 rings (SSSR count). The molecule has 3 heterocycles. The minimum atomic E-state index is -1.21. The SMILES string of the molecule is OC[C@H]1O[C@@H](n2cnc3c(N[C@H]4CCC[C@H]4OCc4ccccc4)ncnc32)[C@H](O)[C@@H]1O. The van der Waals surface area contributed by atoms with Crippen LogP contribution in [0.4, 0.5) is 5.82 Å². The van der Waals surface area contributed by atoms with E-state index < -0.39 is 31.1 Å². The van der Waals surface area contributed by atoms with Crippen molar-refractivity contribution >= 4 is 17.0 Å². The Bertz CT molecular complexity index is 1050. The second-order valence-corrected chi connectivity index (χ2v) is 8.29. The van der Waals surface area contributed by atoms with Crippen LogP contribution in [0.5, 0.6) is 0 Å². The maximum atomic E-state index is 10.4. The average Bonchev–Trinajstić information content (AvgIpc) is 3.52. The van der Waals surface area contributed by atoms with Gasteiger partial charge in [0.05, 0.1) is 31.7 Å². The Labute approximate surface area is 184 Å². The Morgan fingerprint density at radius 3 is 2.72 bits per heavy atom. The summed E-state index contributed by atoms with van der Waals surface area (Å²) in [6.45, 7) is 0.165. The zero-order chi connectivity index (χ0) is 22.1. The standard InChI is InChI=1S/C22H27N5O5/c28-9-16-18(29)19(30)22(32-16)27-12-25-17-20(23-11-24-21(17)27)26-14-7-4-8-15(14)31-10-13-5-2-1-3-6-13/h1-3,5-6,11-12,14-16,18-19,22,28-30H,4,7-10H2,(H,23,24,26)/t14-,15+,16+,18+,19+,22+/m0/s1. The average molecular weight is 441 g/mol. The number of hydrogen-bond acceptors (Lipinski definition) is 9. The van der Waals surface area contributed by atoms with E-state index in [1.54, 1.807) is 4.57 Å². The van der Waals surface area contributed by atoms with Crippen LogP contribution in [0.2, 0.25) is 0 Å². The van der Waals surface area contributed by atoms with Gasteiger partial charge in [-0.05, 0) is 24.8 Å². The predicted molar refractivity (Wildman–Crippen MR) is 115 cm³/mol. The van der Waals surface area contributed by atoms with Gasteiger partial charge in [0.2, 0.25) is 0 Å². The first-order chi connectivity index (χ1) is 15.7. The minimum absolute atomic E-state index is 0.0581. The number of fused-ring (bicyclic) bond motifs is 1. The van der Waals surface area contributed by atoms with Crippen LogP contribution in [-0.2, 0) is 16.1 Å². The summed E-state index contributed by atoms with van der Waals surface area (Å²) in [6.07, 6.45) is 1.81. The molecule has 1 saturated carbocycles. The molecule has 1 aliphatic carbocycles. The third-order valence-corrected chi connectivity index (χ3v) is 6.23. The molecule has 1 saturated heterocycles. The lowest BCUT2D eigenvalue weighted by molar-refractivity contribution is -0.0511. The molecule has 0 radical (unpaired) electrons. The number of aliphatic hydroxyl groups excluding tert-OH is 3. The van der Waals surface area contributed by atoms with Gasteiger partial charge in [0.25, 0.3) is 0 Å². The second kappa shape index (κ2) is 9.08. The van der Waals surface area contributed by atoms with Crippen LogP contribution in [0.15, 0.2) is 43.0 Å². The van der Waals surface area contributed by atoms with E-state index in [-0.39, 0.29) is 12.1 Å². The minimum Gasteiger partial charge on any atom is -0.394 e. The van der Waals surface area contributed by atoms with Crippen molar-refractivity contribution < 1.29 is 24.8 Å². The van der Waals surface area contributed by atoms with E-state index in [2.05, 4.69) is 32.4 Å². The zero-order valence-electron chi connectivity index (χ0n) is 17.5. The van der Waals surface area contributed by atoms with Gasteiger partial charge in [0.1, 0.15) is 24.6 Å². The summed E-state index contributed by atoms with van der Waals surface area (Å²) < 4.78 is 13.4. The molecule has 170 valence electrons. The molecule has 32 heavy (non-hydrogen) atoms. The maximum absolute atomic E-state index is 10.4.